The minimum absolute atomic E-state index is 0.0164. The molecule has 0 bridgehead atoms. The molecule has 9 heteroatoms. The lowest BCUT2D eigenvalue weighted by Crippen LogP contribution is -2.42. The van der Waals surface area contributed by atoms with Crippen LogP contribution in [0.25, 0.3) is 0 Å². The number of carbonyl (C=O) groups excluding carboxylic acids is 2. The van der Waals surface area contributed by atoms with Crippen molar-refractivity contribution >= 4 is 50.5 Å². The zero-order valence-electron chi connectivity index (χ0n) is 10.7. The average Bonchev–Trinajstić information content (AvgIpc) is 2.72. The minimum Gasteiger partial charge on any atom is -0.344 e. The van der Waals surface area contributed by atoms with Crippen LogP contribution in [0.5, 0.6) is 0 Å². The van der Waals surface area contributed by atoms with Gasteiger partial charge in [-0.25, -0.2) is 8.42 Å². The molecule has 1 saturated heterocycles. The molecule has 21 heavy (non-hydrogen) atoms. The standard InChI is InChI=1S/C12H12Cl2N2O4S/c13-7-1-2-10(9(14)5-7)16-12(18)11(17)15-8-3-4-21(19,20)6-8/h1-2,5,8H,3-4,6H2,(H,15,17)(H,16,18). The van der Waals surface area contributed by atoms with Crippen LogP contribution in [-0.2, 0) is 19.4 Å². The van der Waals surface area contributed by atoms with Crippen LogP contribution >= 0.6 is 23.2 Å². The Balaban J connectivity index is 1.95. The van der Waals surface area contributed by atoms with E-state index in [0.717, 1.165) is 0 Å². The Hall–Kier alpha value is -1.31. The largest absolute Gasteiger partial charge is 0.344 e. The fourth-order valence-electron chi connectivity index (χ4n) is 1.93. The first-order chi connectivity index (χ1) is 9.77. The van der Waals surface area contributed by atoms with Crippen molar-refractivity contribution in [2.75, 3.05) is 16.8 Å². The molecule has 2 N–H and O–H groups in total. The summed E-state index contributed by atoms with van der Waals surface area (Å²) < 4.78 is 22.6. The van der Waals surface area contributed by atoms with E-state index in [-0.39, 0.29) is 22.2 Å². The maximum absolute atomic E-state index is 11.7. The molecule has 6 nitrogen and oxygen atoms in total. The van der Waals surface area contributed by atoms with Gasteiger partial charge >= 0.3 is 11.8 Å². The number of amides is 2. The lowest BCUT2D eigenvalue weighted by Gasteiger charge is -2.11. The summed E-state index contributed by atoms with van der Waals surface area (Å²) in [6.07, 6.45) is 0.309. The van der Waals surface area contributed by atoms with E-state index in [1.54, 1.807) is 0 Å². The van der Waals surface area contributed by atoms with Crippen molar-refractivity contribution < 1.29 is 18.0 Å². The van der Waals surface area contributed by atoms with Crippen LogP contribution in [0, 0.1) is 0 Å². The Bertz CT molecular complexity index is 690. The van der Waals surface area contributed by atoms with Crippen LogP contribution in [0.3, 0.4) is 0 Å². The summed E-state index contributed by atoms with van der Waals surface area (Å²) in [5.74, 6) is -1.94. The van der Waals surface area contributed by atoms with Crippen LogP contribution in [-0.4, -0.2) is 37.8 Å². The van der Waals surface area contributed by atoms with Crippen molar-refractivity contribution in [1.82, 2.24) is 5.32 Å². The Morgan fingerprint density at radius 3 is 2.48 bits per heavy atom. The quantitative estimate of drug-likeness (QED) is 0.784. The van der Waals surface area contributed by atoms with Gasteiger partial charge in [-0.15, -0.1) is 0 Å². The first kappa shape index (κ1) is 16.1. The fourth-order valence-corrected chi connectivity index (χ4v) is 4.06. The molecule has 1 unspecified atom stereocenters. The molecule has 114 valence electrons. The Labute approximate surface area is 131 Å². The van der Waals surface area contributed by atoms with E-state index < -0.39 is 27.7 Å². The highest BCUT2D eigenvalue weighted by atomic mass is 35.5. The van der Waals surface area contributed by atoms with E-state index in [1.165, 1.54) is 18.2 Å². The number of rotatable bonds is 2. The van der Waals surface area contributed by atoms with E-state index in [2.05, 4.69) is 10.6 Å². The van der Waals surface area contributed by atoms with Crippen molar-refractivity contribution in [1.29, 1.82) is 0 Å². The number of halogens is 2. The lowest BCUT2D eigenvalue weighted by molar-refractivity contribution is -0.136. The molecule has 1 atom stereocenters. The Morgan fingerprint density at radius 1 is 1.19 bits per heavy atom. The predicted molar refractivity (Wildman–Crippen MR) is 80.3 cm³/mol. The molecule has 0 radical (unpaired) electrons. The van der Waals surface area contributed by atoms with Crippen LogP contribution in [0.1, 0.15) is 6.42 Å². The summed E-state index contributed by atoms with van der Waals surface area (Å²) in [5.41, 5.74) is 0.250. The third kappa shape index (κ3) is 4.33. The molecule has 0 saturated carbocycles. The van der Waals surface area contributed by atoms with Crippen molar-refractivity contribution in [3.8, 4) is 0 Å². The maximum Gasteiger partial charge on any atom is 0.313 e. The molecule has 1 heterocycles. The molecule has 1 aromatic rings. The van der Waals surface area contributed by atoms with Crippen molar-refractivity contribution in [2.45, 2.75) is 12.5 Å². The zero-order valence-corrected chi connectivity index (χ0v) is 13.1. The van der Waals surface area contributed by atoms with E-state index in [1.807, 2.05) is 0 Å². The second-order valence-electron chi connectivity index (χ2n) is 4.65. The topological polar surface area (TPSA) is 92.3 Å². The summed E-state index contributed by atoms with van der Waals surface area (Å²) in [7, 11) is -3.12. The van der Waals surface area contributed by atoms with Crippen LogP contribution in [0.2, 0.25) is 10.0 Å². The second kappa shape index (κ2) is 6.21. The lowest BCUT2D eigenvalue weighted by atomic mass is 10.2. The van der Waals surface area contributed by atoms with Gasteiger partial charge in [-0.3, -0.25) is 9.59 Å². The third-order valence-corrected chi connectivity index (χ3v) is 5.27. The van der Waals surface area contributed by atoms with E-state index in [4.69, 9.17) is 23.2 Å². The highest BCUT2D eigenvalue weighted by Gasteiger charge is 2.30. The zero-order chi connectivity index (χ0) is 15.6. The summed E-state index contributed by atoms with van der Waals surface area (Å²) in [6.45, 7) is 0. The molecule has 0 spiro atoms. The van der Waals surface area contributed by atoms with E-state index in [0.29, 0.717) is 11.4 Å². The highest BCUT2D eigenvalue weighted by Crippen LogP contribution is 2.25. The number of hydrogen-bond acceptors (Lipinski definition) is 4. The molecule has 1 fully saturated rings. The smallest absolute Gasteiger partial charge is 0.313 e. The molecule has 0 aromatic heterocycles. The van der Waals surface area contributed by atoms with Gasteiger partial charge in [0.05, 0.1) is 22.2 Å². The number of carbonyl (C=O) groups is 2. The monoisotopic (exact) mass is 350 g/mol. The van der Waals surface area contributed by atoms with Crippen molar-refractivity contribution in [3.63, 3.8) is 0 Å². The molecule has 1 aromatic carbocycles. The number of anilines is 1. The molecular formula is C12H12Cl2N2O4S. The molecule has 2 rings (SSSR count). The molecule has 1 aliphatic rings. The second-order valence-corrected chi connectivity index (χ2v) is 7.72. The summed E-state index contributed by atoms with van der Waals surface area (Å²) in [4.78, 5) is 23.4. The Kier molecular flexibility index (Phi) is 4.75. The molecule has 2 amide bonds. The van der Waals surface area contributed by atoms with Crippen molar-refractivity contribution in [3.05, 3.63) is 28.2 Å². The fraction of sp³-hybridized carbons (Fsp3) is 0.333. The number of sulfone groups is 1. The molecule has 1 aliphatic heterocycles. The van der Waals surface area contributed by atoms with Crippen LogP contribution in [0.15, 0.2) is 18.2 Å². The maximum atomic E-state index is 11.7. The van der Waals surface area contributed by atoms with Gasteiger partial charge in [0.15, 0.2) is 9.84 Å². The first-order valence-electron chi connectivity index (χ1n) is 6.04. The Morgan fingerprint density at radius 2 is 1.90 bits per heavy atom. The number of nitrogens with one attached hydrogen (secondary N) is 2. The van der Waals surface area contributed by atoms with Crippen LogP contribution in [0.4, 0.5) is 5.69 Å². The highest BCUT2D eigenvalue weighted by molar-refractivity contribution is 7.91. The van der Waals surface area contributed by atoms with E-state index >= 15 is 0 Å². The van der Waals surface area contributed by atoms with Gasteiger partial charge in [-0.05, 0) is 24.6 Å². The minimum atomic E-state index is -3.12. The SMILES string of the molecule is O=C(Nc1ccc(Cl)cc1Cl)C(=O)NC1CCS(=O)(=O)C1. The normalized spacial score (nSPS) is 20.0. The van der Waals surface area contributed by atoms with Gasteiger partial charge in [-0.1, -0.05) is 23.2 Å². The number of benzene rings is 1. The third-order valence-electron chi connectivity index (χ3n) is 2.95. The van der Waals surface area contributed by atoms with Gasteiger partial charge < -0.3 is 10.6 Å². The number of hydrogen-bond donors (Lipinski definition) is 2. The average molecular weight is 351 g/mol. The first-order valence-corrected chi connectivity index (χ1v) is 8.62. The molecular weight excluding hydrogens is 339 g/mol. The van der Waals surface area contributed by atoms with Gasteiger partial charge in [0.25, 0.3) is 0 Å². The van der Waals surface area contributed by atoms with Gasteiger partial charge in [0.1, 0.15) is 0 Å². The summed E-state index contributed by atoms with van der Waals surface area (Å²) in [5, 5.41) is 5.33. The van der Waals surface area contributed by atoms with Crippen molar-refractivity contribution in [2.24, 2.45) is 0 Å². The van der Waals surface area contributed by atoms with E-state index in [9.17, 15) is 18.0 Å². The summed E-state index contributed by atoms with van der Waals surface area (Å²) >= 11 is 11.6. The van der Waals surface area contributed by atoms with Gasteiger partial charge in [0.2, 0.25) is 0 Å². The van der Waals surface area contributed by atoms with Gasteiger partial charge in [-0.2, -0.15) is 0 Å². The van der Waals surface area contributed by atoms with Crippen LogP contribution < -0.4 is 10.6 Å². The predicted octanol–water partition coefficient (Wildman–Crippen LogP) is 1.24. The molecule has 0 aliphatic carbocycles. The van der Waals surface area contributed by atoms with Gasteiger partial charge in [0, 0.05) is 11.1 Å². The summed E-state index contributed by atoms with van der Waals surface area (Å²) in [6, 6.07) is 3.88.